The maximum Gasteiger partial charge on any atom is 0.240 e. The van der Waals surface area contributed by atoms with Crippen LogP contribution in [0.5, 0.6) is 0 Å². The second-order valence-electron chi connectivity index (χ2n) is 8.60. The van der Waals surface area contributed by atoms with Crippen molar-refractivity contribution in [1.82, 2.24) is 14.7 Å². The summed E-state index contributed by atoms with van der Waals surface area (Å²) in [5, 5.41) is 3.14. The van der Waals surface area contributed by atoms with Gasteiger partial charge in [0.2, 0.25) is 21.9 Å². The van der Waals surface area contributed by atoms with E-state index in [4.69, 9.17) is 0 Å². The average molecular weight is 457 g/mol. The van der Waals surface area contributed by atoms with Crippen LogP contribution in [-0.2, 0) is 27.7 Å². The summed E-state index contributed by atoms with van der Waals surface area (Å²) in [6.45, 7) is 5.18. The largest absolute Gasteiger partial charge is 0.356 e. The van der Waals surface area contributed by atoms with E-state index in [1.165, 1.54) is 12.8 Å². The fraction of sp³-hybridized carbons (Fsp3) is 0.500. The van der Waals surface area contributed by atoms with Crippen molar-refractivity contribution in [1.29, 1.82) is 0 Å². The highest BCUT2D eigenvalue weighted by atomic mass is 32.2. The van der Waals surface area contributed by atoms with Crippen LogP contribution >= 0.6 is 0 Å². The maximum atomic E-state index is 12.9. The van der Waals surface area contributed by atoms with Crippen molar-refractivity contribution in [3.8, 4) is 0 Å². The van der Waals surface area contributed by atoms with Crippen LogP contribution in [0.25, 0.3) is 0 Å². The predicted octanol–water partition coefficient (Wildman–Crippen LogP) is 1.61. The van der Waals surface area contributed by atoms with Gasteiger partial charge >= 0.3 is 0 Å². The lowest BCUT2D eigenvalue weighted by Crippen LogP contribution is -2.33. The van der Waals surface area contributed by atoms with Gasteiger partial charge in [-0.15, -0.1) is 0 Å². The summed E-state index contributed by atoms with van der Waals surface area (Å²) in [7, 11) is -3.65. The Morgan fingerprint density at radius 1 is 0.969 bits per heavy atom. The van der Waals surface area contributed by atoms with Gasteiger partial charge in [-0.3, -0.25) is 4.79 Å². The highest BCUT2D eigenvalue weighted by molar-refractivity contribution is 7.89. The molecule has 2 aromatic rings. The molecule has 3 aliphatic rings. The highest BCUT2D eigenvalue weighted by Crippen LogP contribution is 2.38. The number of hydrogen-bond acceptors (Lipinski definition) is 7. The Balaban J connectivity index is 1.23. The molecule has 0 radical (unpaired) electrons. The topological polar surface area (TPSA) is 108 Å². The Morgan fingerprint density at radius 2 is 1.72 bits per heavy atom. The summed E-state index contributed by atoms with van der Waals surface area (Å²) in [4.78, 5) is 25.4. The molecule has 2 N–H and O–H groups in total. The number of nitrogens with one attached hydrogen (secondary N) is 2. The third-order valence-electron chi connectivity index (χ3n) is 6.31. The molecule has 1 aromatic carbocycles. The lowest BCUT2D eigenvalue weighted by Gasteiger charge is -2.25. The molecule has 3 aliphatic heterocycles. The first-order valence-electron chi connectivity index (χ1n) is 11.2. The van der Waals surface area contributed by atoms with E-state index in [1.54, 1.807) is 17.0 Å². The van der Waals surface area contributed by atoms with Crippen molar-refractivity contribution < 1.29 is 13.2 Å². The number of aryl methyl sites for hydroxylation is 2. The van der Waals surface area contributed by atoms with Crippen LogP contribution in [0.1, 0.15) is 36.1 Å². The van der Waals surface area contributed by atoms with Crippen LogP contribution in [0, 0.1) is 6.92 Å². The van der Waals surface area contributed by atoms with Gasteiger partial charge in [0, 0.05) is 50.9 Å². The minimum atomic E-state index is -3.65. The first-order chi connectivity index (χ1) is 15.4. The number of aromatic nitrogens is 2. The zero-order valence-corrected chi connectivity index (χ0v) is 19.0. The van der Waals surface area contributed by atoms with Gasteiger partial charge < -0.3 is 15.1 Å². The Morgan fingerprint density at radius 3 is 2.50 bits per heavy atom. The number of nitrogens with zero attached hydrogens (tertiary/aromatic N) is 4. The number of amides is 1. The highest BCUT2D eigenvalue weighted by Gasteiger charge is 2.32. The molecule has 0 bridgehead atoms. The molecule has 0 aliphatic carbocycles. The predicted molar refractivity (Wildman–Crippen MR) is 123 cm³/mol. The monoisotopic (exact) mass is 456 g/mol. The molecule has 1 amide bonds. The summed E-state index contributed by atoms with van der Waals surface area (Å²) < 4.78 is 28.5. The number of carbonyl (C=O) groups excluding carboxylic acids is 1. The summed E-state index contributed by atoms with van der Waals surface area (Å²) >= 11 is 0. The molecule has 0 atom stereocenters. The molecule has 1 saturated heterocycles. The van der Waals surface area contributed by atoms with Crippen molar-refractivity contribution in [3.63, 3.8) is 0 Å². The SMILES string of the molecule is Cc1cc(N2CCCC2)nc(NCCNS(=O)(=O)c2cc3c4c(c2)CCN4C(=O)CC3)n1. The smallest absolute Gasteiger partial charge is 0.240 e. The molecule has 1 aromatic heterocycles. The van der Waals surface area contributed by atoms with E-state index in [9.17, 15) is 13.2 Å². The zero-order chi connectivity index (χ0) is 22.3. The molecule has 32 heavy (non-hydrogen) atoms. The van der Waals surface area contributed by atoms with E-state index in [-0.39, 0.29) is 17.3 Å². The Bertz CT molecular complexity index is 1160. The lowest BCUT2D eigenvalue weighted by molar-refractivity contribution is -0.118. The lowest BCUT2D eigenvalue weighted by atomic mass is 10.00. The van der Waals surface area contributed by atoms with Gasteiger partial charge in [-0.2, -0.15) is 4.98 Å². The third-order valence-corrected chi connectivity index (χ3v) is 7.75. The van der Waals surface area contributed by atoms with Gasteiger partial charge in [0.1, 0.15) is 5.82 Å². The van der Waals surface area contributed by atoms with Gasteiger partial charge in [-0.1, -0.05) is 0 Å². The maximum absolute atomic E-state index is 12.9. The summed E-state index contributed by atoms with van der Waals surface area (Å²) in [5.41, 5.74) is 3.69. The molecule has 170 valence electrons. The number of sulfonamides is 1. The van der Waals surface area contributed by atoms with E-state index in [0.717, 1.165) is 41.4 Å². The van der Waals surface area contributed by atoms with Crippen molar-refractivity contribution in [2.75, 3.05) is 47.8 Å². The van der Waals surface area contributed by atoms with Crippen LogP contribution < -0.4 is 19.8 Å². The molecular weight excluding hydrogens is 428 g/mol. The van der Waals surface area contributed by atoms with E-state index < -0.39 is 10.0 Å². The normalized spacial score (nSPS) is 17.7. The first-order valence-corrected chi connectivity index (χ1v) is 12.7. The minimum Gasteiger partial charge on any atom is -0.356 e. The second-order valence-corrected chi connectivity index (χ2v) is 10.4. The summed E-state index contributed by atoms with van der Waals surface area (Å²) in [6, 6.07) is 5.40. The van der Waals surface area contributed by atoms with Crippen molar-refractivity contribution in [2.45, 2.75) is 43.9 Å². The molecule has 0 unspecified atom stereocenters. The van der Waals surface area contributed by atoms with E-state index >= 15 is 0 Å². The second kappa shape index (κ2) is 8.32. The van der Waals surface area contributed by atoms with Gasteiger partial charge in [-0.05, 0) is 55.9 Å². The summed E-state index contributed by atoms with van der Waals surface area (Å²) in [6.07, 6.45) is 4.07. The summed E-state index contributed by atoms with van der Waals surface area (Å²) in [5.74, 6) is 1.55. The minimum absolute atomic E-state index is 0.127. The molecular formula is C22H28N6O3S. The van der Waals surface area contributed by atoms with E-state index in [1.807, 2.05) is 13.0 Å². The van der Waals surface area contributed by atoms with E-state index in [0.29, 0.717) is 38.3 Å². The molecule has 9 nitrogen and oxygen atoms in total. The molecule has 0 spiro atoms. The quantitative estimate of drug-likeness (QED) is 0.610. The molecule has 4 heterocycles. The van der Waals surface area contributed by atoms with Crippen LogP contribution in [0.3, 0.4) is 0 Å². The molecule has 0 saturated carbocycles. The average Bonchev–Trinajstić information content (AvgIpc) is 3.44. The van der Waals surface area contributed by atoms with Gasteiger partial charge in [-0.25, -0.2) is 18.1 Å². The number of benzene rings is 1. The van der Waals surface area contributed by atoms with Gasteiger partial charge in [0.15, 0.2) is 0 Å². The molecule has 10 heteroatoms. The Kier molecular flexibility index (Phi) is 5.50. The molecule has 1 fully saturated rings. The Labute approximate surface area is 188 Å². The third kappa shape index (κ3) is 4.04. The number of carbonyl (C=O) groups is 1. The van der Waals surface area contributed by atoms with Crippen LogP contribution in [0.4, 0.5) is 17.5 Å². The van der Waals surface area contributed by atoms with Crippen molar-refractivity contribution >= 4 is 33.4 Å². The van der Waals surface area contributed by atoms with Crippen molar-refractivity contribution in [2.24, 2.45) is 0 Å². The zero-order valence-electron chi connectivity index (χ0n) is 18.2. The van der Waals surface area contributed by atoms with E-state index in [2.05, 4.69) is 24.9 Å². The number of rotatable bonds is 7. The van der Waals surface area contributed by atoms with Gasteiger partial charge in [0.25, 0.3) is 0 Å². The van der Waals surface area contributed by atoms with Crippen LogP contribution in [-0.4, -0.2) is 57.0 Å². The van der Waals surface area contributed by atoms with Crippen molar-refractivity contribution in [3.05, 3.63) is 35.0 Å². The Hall–Kier alpha value is -2.72. The van der Waals surface area contributed by atoms with Crippen LogP contribution in [0.2, 0.25) is 0 Å². The standard InChI is InChI=1S/C22H28N6O3S/c1-15-12-19(27-9-2-3-10-27)26-22(25-15)23-7-8-24-32(30,31)18-13-16-4-5-20(29)28-11-6-17(14-18)21(16)28/h12-14,24H,2-11H2,1H3,(H,23,25,26). The number of hydrogen-bond donors (Lipinski definition) is 2. The number of anilines is 3. The molecule has 5 rings (SSSR count). The van der Waals surface area contributed by atoms with Crippen LogP contribution in [0.15, 0.2) is 23.1 Å². The fourth-order valence-corrected chi connectivity index (χ4v) is 5.90. The first kappa shape index (κ1) is 21.1. The fourth-order valence-electron chi connectivity index (χ4n) is 4.76. The van der Waals surface area contributed by atoms with Gasteiger partial charge in [0.05, 0.1) is 10.6 Å².